The minimum absolute atomic E-state index is 0.539. The van der Waals surface area contributed by atoms with Gasteiger partial charge in [0.15, 0.2) is 0 Å². The van der Waals surface area contributed by atoms with E-state index in [0.29, 0.717) is 11.3 Å². The molecule has 0 N–H and O–H groups in total. The van der Waals surface area contributed by atoms with Crippen LogP contribution in [0.5, 0.6) is 11.5 Å². The van der Waals surface area contributed by atoms with Crippen molar-refractivity contribution in [2.24, 2.45) is 5.41 Å². The van der Waals surface area contributed by atoms with Gasteiger partial charge in [0, 0.05) is 19.9 Å². The average molecular weight is 341 g/mol. The standard InChI is InChI=1S/C24H21NO/c1-24(2,3)14-15-12-17-10-11-25-22-19-9-8-16-6-4-5-7-18(16)23(19)26-20(13-15)21(17)22/h4-13H,14H2,1-3H3/i14D2. The summed E-state index contributed by atoms with van der Waals surface area (Å²) in [4.78, 5) is 4.65. The lowest BCUT2D eigenvalue weighted by molar-refractivity contribution is 0.410. The van der Waals surface area contributed by atoms with Gasteiger partial charge in [0.1, 0.15) is 11.5 Å². The van der Waals surface area contributed by atoms with Crippen molar-refractivity contribution in [2.75, 3.05) is 0 Å². The SMILES string of the molecule is [2H]C([2H])(c1cc2c3c(nccc3c1)-c1ccc3ccccc3c1O2)C(C)(C)C. The first-order valence-electron chi connectivity index (χ1n) is 9.90. The Hall–Kier alpha value is -2.87. The molecule has 0 aliphatic carbocycles. The quantitative estimate of drug-likeness (QED) is 0.336. The molecule has 1 aliphatic heterocycles. The number of rotatable bonds is 1. The molecular formula is C24H21NO. The zero-order valence-corrected chi connectivity index (χ0v) is 15.1. The molecule has 0 spiro atoms. The average Bonchev–Trinajstić information content (AvgIpc) is 2.67. The third-order valence-corrected chi connectivity index (χ3v) is 4.69. The summed E-state index contributed by atoms with van der Waals surface area (Å²) < 4.78 is 23.8. The van der Waals surface area contributed by atoms with Gasteiger partial charge in [-0.25, -0.2) is 0 Å². The summed E-state index contributed by atoms with van der Waals surface area (Å²) in [6.07, 6.45) is 0.297. The van der Waals surface area contributed by atoms with Crippen molar-refractivity contribution in [1.29, 1.82) is 0 Å². The Labute approximate surface area is 156 Å². The molecule has 26 heavy (non-hydrogen) atoms. The minimum Gasteiger partial charge on any atom is -0.455 e. The summed E-state index contributed by atoms with van der Waals surface area (Å²) in [5, 5.41) is 4.04. The number of hydrogen-bond acceptors (Lipinski definition) is 2. The van der Waals surface area contributed by atoms with Crippen LogP contribution in [0, 0.1) is 5.41 Å². The van der Waals surface area contributed by atoms with Crippen LogP contribution in [0.1, 0.15) is 29.1 Å². The van der Waals surface area contributed by atoms with E-state index in [1.807, 2.05) is 51.1 Å². The van der Waals surface area contributed by atoms with Gasteiger partial charge in [-0.3, -0.25) is 4.98 Å². The highest BCUT2D eigenvalue weighted by Gasteiger charge is 2.24. The largest absolute Gasteiger partial charge is 0.455 e. The highest BCUT2D eigenvalue weighted by atomic mass is 16.5. The van der Waals surface area contributed by atoms with Gasteiger partial charge in [0.05, 0.1) is 11.1 Å². The molecule has 1 aliphatic rings. The van der Waals surface area contributed by atoms with Crippen molar-refractivity contribution >= 4 is 21.5 Å². The van der Waals surface area contributed by atoms with E-state index in [9.17, 15) is 0 Å². The number of nitrogens with zero attached hydrogens (tertiary/aromatic N) is 1. The second-order valence-corrected chi connectivity index (χ2v) is 7.87. The van der Waals surface area contributed by atoms with Gasteiger partial charge < -0.3 is 4.74 Å². The minimum atomic E-state index is -1.50. The van der Waals surface area contributed by atoms with E-state index in [1.54, 1.807) is 6.20 Å². The van der Waals surface area contributed by atoms with Gasteiger partial charge in [-0.1, -0.05) is 57.2 Å². The molecule has 0 fully saturated rings. The van der Waals surface area contributed by atoms with Crippen molar-refractivity contribution in [2.45, 2.75) is 27.1 Å². The number of benzene rings is 3. The van der Waals surface area contributed by atoms with Crippen LogP contribution in [0.15, 0.2) is 60.8 Å². The van der Waals surface area contributed by atoms with Gasteiger partial charge in [-0.15, -0.1) is 0 Å². The lowest BCUT2D eigenvalue weighted by atomic mass is 9.86. The number of hydrogen-bond donors (Lipinski definition) is 0. The first kappa shape index (κ1) is 13.3. The van der Waals surface area contributed by atoms with E-state index in [0.717, 1.165) is 38.6 Å². The smallest absolute Gasteiger partial charge is 0.144 e. The molecule has 0 amide bonds. The van der Waals surface area contributed by atoms with Crippen LogP contribution >= 0.6 is 0 Å². The zero-order chi connectivity index (χ0) is 19.7. The number of aromatic nitrogens is 1. The van der Waals surface area contributed by atoms with Gasteiger partial charge in [0.2, 0.25) is 0 Å². The van der Waals surface area contributed by atoms with Crippen molar-refractivity contribution in [3.63, 3.8) is 0 Å². The summed E-state index contributed by atoms with van der Waals surface area (Å²) >= 11 is 0. The van der Waals surface area contributed by atoms with Gasteiger partial charge in [0.25, 0.3) is 0 Å². The normalized spacial score (nSPS) is 14.6. The molecule has 3 aromatic carbocycles. The first-order valence-corrected chi connectivity index (χ1v) is 8.90. The fourth-order valence-electron chi connectivity index (χ4n) is 3.72. The Bertz CT molecular complexity index is 1250. The number of ether oxygens (including phenoxy) is 1. The zero-order valence-electron chi connectivity index (χ0n) is 17.1. The van der Waals surface area contributed by atoms with Gasteiger partial charge >= 0.3 is 0 Å². The Kier molecular flexibility index (Phi) is 2.73. The lowest BCUT2D eigenvalue weighted by Gasteiger charge is -2.24. The molecule has 5 rings (SSSR count). The molecule has 0 atom stereocenters. The van der Waals surface area contributed by atoms with E-state index in [-0.39, 0.29) is 0 Å². The van der Waals surface area contributed by atoms with Crippen molar-refractivity contribution < 1.29 is 7.48 Å². The molecule has 2 nitrogen and oxygen atoms in total. The van der Waals surface area contributed by atoms with Gasteiger partial charge in [-0.05, 0) is 46.3 Å². The highest BCUT2D eigenvalue weighted by Crippen LogP contribution is 2.48. The molecule has 2 heteroatoms. The monoisotopic (exact) mass is 341 g/mol. The molecule has 4 aromatic rings. The van der Waals surface area contributed by atoms with Crippen LogP contribution in [-0.2, 0) is 6.37 Å². The van der Waals surface area contributed by atoms with E-state index in [4.69, 9.17) is 7.48 Å². The molecule has 0 unspecified atom stereocenters. The van der Waals surface area contributed by atoms with Crippen molar-refractivity contribution in [3.05, 3.63) is 66.4 Å². The maximum absolute atomic E-state index is 8.71. The predicted molar refractivity (Wildman–Crippen MR) is 108 cm³/mol. The Morgan fingerprint density at radius 3 is 2.69 bits per heavy atom. The lowest BCUT2D eigenvalue weighted by Crippen LogP contribution is -2.09. The van der Waals surface area contributed by atoms with E-state index < -0.39 is 11.8 Å². The maximum atomic E-state index is 8.71. The summed E-state index contributed by atoms with van der Waals surface area (Å²) in [6.45, 7) is 5.76. The molecule has 0 bridgehead atoms. The van der Waals surface area contributed by atoms with Crippen LogP contribution in [-0.4, -0.2) is 4.98 Å². The van der Waals surface area contributed by atoms with Gasteiger partial charge in [-0.2, -0.15) is 0 Å². The predicted octanol–water partition coefficient (Wildman–Crippen LogP) is 6.75. The number of pyridine rings is 1. The molecule has 1 aromatic heterocycles. The van der Waals surface area contributed by atoms with Crippen LogP contribution in [0.25, 0.3) is 32.8 Å². The number of fused-ring (bicyclic) bond motifs is 4. The molecule has 128 valence electrons. The summed E-state index contributed by atoms with van der Waals surface area (Å²) in [5.74, 6) is 1.46. The van der Waals surface area contributed by atoms with Crippen LogP contribution < -0.4 is 4.74 Å². The van der Waals surface area contributed by atoms with Crippen molar-refractivity contribution in [1.82, 2.24) is 4.98 Å². The fraction of sp³-hybridized carbons (Fsp3) is 0.208. The van der Waals surface area contributed by atoms with E-state index in [2.05, 4.69) is 29.2 Å². The molecule has 2 heterocycles. The van der Waals surface area contributed by atoms with E-state index in [1.165, 1.54) is 0 Å². The topological polar surface area (TPSA) is 22.1 Å². The first-order chi connectivity index (χ1) is 13.3. The summed E-state index contributed by atoms with van der Waals surface area (Å²) in [5.41, 5.74) is 1.96. The second-order valence-electron chi connectivity index (χ2n) is 7.87. The Morgan fingerprint density at radius 1 is 1.00 bits per heavy atom. The van der Waals surface area contributed by atoms with Crippen molar-refractivity contribution in [3.8, 4) is 22.8 Å². The summed E-state index contributed by atoms with van der Waals surface area (Å²) in [7, 11) is 0. The van der Waals surface area contributed by atoms with Crippen LogP contribution in [0.3, 0.4) is 0 Å². The fourth-order valence-corrected chi connectivity index (χ4v) is 3.72. The third kappa shape index (κ3) is 2.37. The van der Waals surface area contributed by atoms with Crippen LogP contribution in [0.4, 0.5) is 0 Å². The molecule has 0 saturated heterocycles. The highest BCUT2D eigenvalue weighted by molar-refractivity contribution is 6.06. The van der Waals surface area contributed by atoms with Crippen LogP contribution in [0.2, 0.25) is 0 Å². The third-order valence-electron chi connectivity index (χ3n) is 4.69. The Morgan fingerprint density at radius 2 is 1.85 bits per heavy atom. The Balaban J connectivity index is 1.83. The molecule has 0 saturated carbocycles. The van der Waals surface area contributed by atoms with E-state index >= 15 is 0 Å². The second kappa shape index (κ2) is 5.31. The molecular weight excluding hydrogens is 318 g/mol. The maximum Gasteiger partial charge on any atom is 0.144 e. The summed E-state index contributed by atoms with van der Waals surface area (Å²) in [6, 6.07) is 18.0. The molecule has 0 radical (unpaired) electrons.